The third kappa shape index (κ3) is 6.44. The van der Waals surface area contributed by atoms with E-state index in [1.165, 1.54) is 31.4 Å². The second-order valence-electron chi connectivity index (χ2n) is 5.16. The van der Waals surface area contributed by atoms with E-state index in [2.05, 4.69) is 4.74 Å². The van der Waals surface area contributed by atoms with E-state index in [0.29, 0.717) is 5.56 Å². The van der Waals surface area contributed by atoms with Gasteiger partial charge in [0.2, 0.25) is 0 Å². The summed E-state index contributed by atoms with van der Waals surface area (Å²) in [4.78, 5) is 21.5. The fourth-order valence-electron chi connectivity index (χ4n) is 1.82. The molecule has 0 heterocycles. The minimum atomic E-state index is -1.18. The number of esters is 1. The number of carboxylic acid groups (broad SMARTS) is 1. The molecule has 0 saturated carbocycles. The summed E-state index contributed by atoms with van der Waals surface area (Å²) >= 11 is 11.0. The predicted octanol–water partition coefficient (Wildman–Crippen LogP) is 3.22. The Labute approximate surface area is 163 Å². The summed E-state index contributed by atoms with van der Waals surface area (Å²) in [6.07, 6.45) is 0. The van der Waals surface area contributed by atoms with Crippen LogP contribution in [0, 0.1) is 11.6 Å². The number of carbonyl (C=O) groups is 2. The lowest BCUT2D eigenvalue weighted by atomic mass is 10.1. The number of aliphatic carboxylic acids is 1. The third-order valence-corrected chi connectivity index (χ3v) is 3.91. The van der Waals surface area contributed by atoms with Crippen LogP contribution in [-0.2, 0) is 14.3 Å². The normalized spacial score (nSPS) is 12.4. The lowest BCUT2D eigenvalue weighted by Crippen LogP contribution is -2.22. The van der Waals surface area contributed by atoms with Crippen LogP contribution in [0.25, 0.3) is 0 Å². The van der Waals surface area contributed by atoms with Gasteiger partial charge in [0.05, 0.1) is 17.2 Å². The van der Waals surface area contributed by atoms with Crippen molar-refractivity contribution >= 4 is 35.1 Å². The van der Waals surface area contributed by atoms with Gasteiger partial charge in [-0.05, 0) is 35.4 Å². The topological polar surface area (TPSA) is 116 Å². The molecule has 2 aromatic carbocycles. The van der Waals surface area contributed by atoms with Gasteiger partial charge < -0.3 is 21.3 Å². The number of carbonyl (C=O) groups excluding carboxylic acids is 1. The molecule has 10 heteroatoms. The number of hydrogen-bond donors (Lipinski definition) is 3. The Kier molecular flexibility index (Phi) is 8.58. The Balaban J connectivity index is 0.000000271. The van der Waals surface area contributed by atoms with E-state index < -0.39 is 35.7 Å². The molecule has 0 aliphatic heterocycles. The van der Waals surface area contributed by atoms with E-state index in [1.54, 1.807) is 0 Å². The van der Waals surface area contributed by atoms with E-state index >= 15 is 0 Å². The largest absolute Gasteiger partial charge is 0.480 e. The van der Waals surface area contributed by atoms with Crippen LogP contribution >= 0.6 is 23.2 Å². The molecule has 27 heavy (non-hydrogen) atoms. The molecule has 2 atom stereocenters. The molecule has 2 aromatic rings. The Morgan fingerprint density at radius 3 is 1.70 bits per heavy atom. The number of hydrogen-bond acceptors (Lipinski definition) is 5. The van der Waals surface area contributed by atoms with Crippen LogP contribution in [-0.4, -0.2) is 24.2 Å². The van der Waals surface area contributed by atoms with Gasteiger partial charge in [-0.3, -0.25) is 9.59 Å². The van der Waals surface area contributed by atoms with E-state index in [0.717, 1.165) is 12.1 Å². The van der Waals surface area contributed by atoms with Gasteiger partial charge in [-0.15, -0.1) is 0 Å². The average Bonchev–Trinajstić information content (AvgIpc) is 2.64. The molecule has 0 bridgehead atoms. The lowest BCUT2D eigenvalue weighted by molar-refractivity contribution is -0.142. The standard InChI is InChI=1S/C9H9ClFNO2.C8H7ClFNO2/c1-14-9(13)8(12)5-2-3-7(11)6(10)4-5;9-5-3-4(1-2-6(5)10)7(11)8(12)13/h2-4,8H,12H2,1H3;1-3,7H,11H2,(H,12,13). The van der Waals surface area contributed by atoms with Crippen molar-refractivity contribution in [2.24, 2.45) is 11.5 Å². The first-order valence-electron chi connectivity index (χ1n) is 7.30. The predicted molar refractivity (Wildman–Crippen MR) is 96.3 cm³/mol. The number of nitrogens with two attached hydrogens (primary N) is 2. The molecule has 0 spiro atoms. The second kappa shape index (κ2) is 10.2. The van der Waals surface area contributed by atoms with Crippen LogP contribution in [0.1, 0.15) is 23.2 Å². The summed E-state index contributed by atoms with van der Waals surface area (Å²) in [5.41, 5.74) is 11.5. The summed E-state index contributed by atoms with van der Waals surface area (Å²) in [5.74, 6) is -2.91. The minimum absolute atomic E-state index is 0.0677. The summed E-state index contributed by atoms with van der Waals surface area (Å²) in [6.45, 7) is 0. The number of halogens is 4. The number of benzene rings is 2. The summed E-state index contributed by atoms with van der Waals surface area (Å²) in [5, 5.41) is 8.34. The second-order valence-corrected chi connectivity index (χ2v) is 5.98. The molecule has 2 rings (SSSR count). The maximum absolute atomic E-state index is 12.8. The van der Waals surface area contributed by atoms with Gasteiger partial charge in [-0.25, -0.2) is 8.78 Å². The zero-order valence-electron chi connectivity index (χ0n) is 14.0. The Hall–Kier alpha value is -2.26. The first-order valence-corrected chi connectivity index (χ1v) is 8.05. The van der Waals surface area contributed by atoms with Crippen LogP contribution in [0.3, 0.4) is 0 Å². The highest BCUT2D eigenvalue weighted by Crippen LogP contribution is 2.21. The number of ether oxygens (including phenoxy) is 1. The quantitative estimate of drug-likeness (QED) is 0.653. The highest BCUT2D eigenvalue weighted by Gasteiger charge is 2.17. The molecule has 0 amide bonds. The highest BCUT2D eigenvalue weighted by atomic mass is 35.5. The highest BCUT2D eigenvalue weighted by molar-refractivity contribution is 6.31. The first kappa shape index (κ1) is 22.8. The summed E-state index contributed by atoms with van der Waals surface area (Å²) in [6, 6.07) is 5.33. The van der Waals surface area contributed by atoms with Gasteiger partial charge in [-0.2, -0.15) is 0 Å². The van der Waals surface area contributed by atoms with Crippen molar-refractivity contribution in [2.75, 3.05) is 7.11 Å². The summed E-state index contributed by atoms with van der Waals surface area (Å²) < 4.78 is 29.8. The van der Waals surface area contributed by atoms with Crippen LogP contribution in [0.15, 0.2) is 36.4 Å². The molecule has 0 aliphatic rings. The van der Waals surface area contributed by atoms with Crippen molar-refractivity contribution < 1.29 is 28.2 Å². The SMILES string of the molecule is COC(=O)C(N)c1ccc(F)c(Cl)c1.NC(C(=O)O)c1ccc(F)c(Cl)c1. The van der Waals surface area contributed by atoms with Gasteiger partial charge >= 0.3 is 11.9 Å². The molecule has 6 nitrogen and oxygen atoms in total. The lowest BCUT2D eigenvalue weighted by Gasteiger charge is -2.09. The van der Waals surface area contributed by atoms with Crippen LogP contribution in [0.4, 0.5) is 8.78 Å². The van der Waals surface area contributed by atoms with Gasteiger partial charge in [0.25, 0.3) is 0 Å². The molecule has 0 aliphatic carbocycles. The zero-order chi connectivity index (χ0) is 20.7. The van der Waals surface area contributed by atoms with E-state index in [4.69, 9.17) is 39.8 Å². The Morgan fingerprint density at radius 1 is 0.963 bits per heavy atom. The van der Waals surface area contributed by atoms with Gasteiger partial charge in [0, 0.05) is 0 Å². The fraction of sp³-hybridized carbons (Fsp3) is 0.176. The fourth-order valence-corrected chi connectivity index (χ4v) is 2.20. The molecule has 0 fully saturated rings. The maximum Gasteiger partial charge on any atom is 0.327 e. The maximum atomic E-state index is 12.8. The minimum Gasteiger partial charge on any atom is -0.480 e. The zero-order valence-corrected chi connectivity index (χ0v) is 15.5. The molecule has 146 valence electrons. The third-order valence-electron chi connectivity index (χ3n) is 3.33. The van der Waals surface area contributed by atoms with E-state index in [-0.39, 0.29) is 15.6 Å². The van der Waals surface area contributed by atoms with Crippen molar-refractivity contribution in [3.05, 3.63) is 69.2 Å². The number of rotatable bonds is 4. The van der Waals surface area contributed by atoms with Gasteiger partial charge in [0.15, 0.2) is 0 Å². The van der Waals surface area contributed by atoms with E-state index in [1.807, 2.05) is 0 Å². The number of methoxy groups -OCH3 is 1. The van der Waals surface area contributed by atoms with Crippen molar-refractivity contribution in [1.82, 2.24) is 0 Å². The number of carboxylic acids is 1. The monoisotopic (exact) mass is 420 g/mol. The Bertz CT molecular complexity index is 837. The molecular formula is C17H16Cl2F2N2O4. The van der Waals surface area contributed by atoms with E-state index in [9.17, 15) is 18.4 Å². The summed E-state index contributed by atoms with van der Waals surface area (Å²) in [7, 11) is 1.23. The van der Waals surface area contributed by atoms with Crippen molar-refractivity contribution in [2.45, 2.75) is 12.1 Å². The van der Waals surface area contributed by atoms with Crippen molar-refractivity contribution in [1.29, 1.82) is 0 Å². The van der Waals surface area contributed by atoms with Crippen LogP contribution < -0.4 is 11.5 Å². The molecule has 0 radical (unpaired) electrons. The first-order chi connectivity index (χ1) is 12.6. The molecular weight excluding hydrogens is 405 g/mol. The Morgan fingerprint density at radius 2 is 1.37 bits per heavy atom. The molecule has 2 unspecified atom stereocenters. The molecule has 0 aromatic heterocycles. The molecule has 5 N–H and O–H groups in total. The van der Waals surface area contributed by atoms with Crippen molar-refractivity contribution in [3.63, 3.8) is 0 Å². The van der Waals surface area contributed by atoms with Gasteiger partial charge in [0.1, 0.15) is 23.7 Å². The smallest absolute Gasteiger partial charge is 0.327 e. The van der Waals surface area contributed by atoms with Gasteiger partial charge in [-0.1, -0.05) is 35.3 Å². The van der Waals surface area contributed by atoms with Crippen molar-refractivity contribution in [3.8, 4) is 0 Å². The van der Waals surface area contributed by atoms with Crippen LogP contribution in [0.2, 0.25) is 10.0 Å². The average molecular weight is 421 g/mol. The molecule has 0 saturated heterocycles. The van der Waals surface area contributed by atoms with Crippen LogP contribution in [0.5, 0.6) is 0 Å².